The number of methoxy groups -OCH3 is 1. The predicted octanol–water partition coefficient (Wildman–Crippen LogP) is -0.124. The van der Waals surface area contributed by atoms with Crippen LogP contribution in [0.4, 0.5) is 0 Å². The minimum absolute atomic E-state index is 0.537. The van der Waals surface area contributed by atoms with E-state index < -0.39 is 0 Å². The highest BCUT2D eigenvalue weighted by Crippen LogP contribution is 2.04. The number of ether oxygens (including phenoxy) is 1. The lowest BCUT2D eigenvalue weighted by Crippen LogP contribution is -2.25. The Kier molecular flexibility index (Phi) is 4.28. The van der Waals surface area contributed by atoms with E-state index in [1.807, 2.05) is 13.1 Å². The van der Waals surface area contributed by atoms with Gasteiger partial charge >= 0.3 is 0 Å². The highest BCUT2D eigenvalue weighted by Gasteiger charge is 2.01. The molecule has 5 heteroatoms. The summed E-state index contributed by atoms with van der Waals surface area (Å²) < 4.78 is 4.91. The summed E-state index contributed by atoms with van der Waals surface area (Å²) in [7, 11) is 3.57. The molecule has 0 unspecified atom stereocenters. The van der Waals surface area contributed by atoms with Gasteiger partial charge in [-0.2, -0.15) is 5.10 Å². The molecule has 2 N–H and O–H groups in total. The summed E-state index contributed by atoms with van der Waals surface area (Å²) in [5.74, 6) is 0.537. The molecule has 1 rings (SSSR count). The average molecular weight is 196 g/mol. The highest BCUT2D eigenvalue weighted by atomic mass is 16.5. The lowest BCUT2D eigenvalue weighted by Gasteiger charge is -2.13. The summed E-state index contributed by atoms with van der Waals surface area (Å²) in [5, 5.41) is 7.89. The molecule has 0 aliphatic heterocycles. The van der Waals surface area contributed by atoms with Gasteiger partial charge in [0.2, 0.25) is 5.88 Å². The standard InChI is InChI=1S/C9H16N4O/c1-13(6-5-10)7-8-3-4-9(14-2)12-11-8/h3-4H,5-7,10H2,1-2H3. The normalized spacial score (nSPS) is 10.6. The van der Waals surface area contributed by atoms with Crippen LogP contribution in [0.5, 0.6) is 5.88 Å². The monoisotopic (exact) mass is 196 g/mol. The first-order chi connectivity index (χ1) is 6.76. The smallest absolute Gasteiger partial charge is 0.233 e. The molecule has 0 radical (unpaired) electrons. The Morgan fingerprint density at radius 2 is 2.21 bits per heavy atom. The molecule has 0 fully saturated rings. The van der Waals surface area contributed by atoms with Crippen LogP contribution in [0.3, 0.4) is 0 Å². The second-order valence-corrected chi connectivity index (χ2v) is 3.09. The number of rotatable bonds is 5. The third-order valence-electron chi connectivity index (χ3n) is 1.85. The van der Waals surface area contributed by atoms with Crippen molar-refractivity contribution in [2.24, 2.45) is 5.73 Å². The lowest BCUT2D eigenvalue weighted by molar-refractivity contribution is 0.328. The zero-order valence-corrected chi connectivity index (χ0v) is 8.60. The minimum atomic E-state index is 0.537. The van der Waals surface area contributed by atoms with Gasteiger partial charge in [-0.15, -0.1) is 5.10 Å². The summed E-state index contributed by atoms with van der Waals surface area (Å²) in [6.45, 7) is 2.27. The van der Waals surface area contributed by atoms with Gasteiger partial charge in [0, 0.05) is 25.7 Å². The number of hydrogen-bond donors (Lipinski definition) is 1. The topological polar surface area (TPSA) is 64.3 Å². The van der Waals surface area contributed by atoms with Gasteiger partial charge in [0.15, 0.2) is 0 Å². The largest absolute Gasteiger partial charge is 0.480 e. The van der Waals surface area contributed by atoms with E-state index in [0.717, 1.165) is 18.8 Å². The van der Waals surface area contributed by atoms with E-state index in [4.69, 9.17) is 10.5 Å². The molecule has 0 bridgehead atoms. The van der Waals surface area contributed by atoms with Gasteiger partial charge in [-0.25, -0.2) is 0 Å². The molecule has 14 heavy (non-hydrogen) atoms. The van der Waals surface area contributed by atoms with Crippen LogP contribution in [0.25, 0.3) is 0 Å². The fourth-order valence-corrected chi connectivity index (χ4v) is 1.12. The van der Waals surface area contributed by atoms with Crippen LogP contribution in [0.1, 0.15) is 5.69 Å². The Bertz CT molecular complexity index is 262. The molecule has 1 aromatic rings. The van der Waals surface area contributed by atoms with Crippen LogP contribution in [0.2, 0.25) is 0 Å². The fourth-order valence-electron chi connectivity index (χ4n) is 1.12. The maximum Gasteiger partial charge on any atom is 0.233 e. The predicted molar refractivity (Wildman–Crippen MR) is 54.0 cm³/mol. The molecule has 78 valence electrons. The van der Waals surface area contributed by atoms with Crippen LogP contribution >= 0.6 is 0 Å². The van der Waals surface area contributed by atoms with Gasteiger partial charge in [-0.05, 0) is 13.1 Å². The summed E-state index contributed by atoms with van der Waals surface area (Å²) in [5.41, 5.74) is 6.35. The molecule has 0 saturated heterocycles. The van der Waals surface area contributed by atoms with Crippen molar-refractivity contribution in [3.05, 3.63) is 17.8 Å². The van der Waals surface area contributed by atoms with Gasteiger partial charge in [0.25, 0.3) is 0 Å². The van der Waals surface area contributed by atoms with Crippen molar-refractivity contribution < 1.29 is 4.74 Å². The highest BCUT2D eigenvalue weighted by molar-refractivity contribution is 5.11. The summed E-state index contributed by atoms with van der Waals surface area (Å²) >= 11 is 0. The summed E-state index contributed by atoms with van der Waals surface area (Å²) in [6.07, 6.45) is 0. The Morgan fingerprint density at radius 1 is 1.43 bits per heavy atom. The van der Waals surface area contributed by atoms with E-state index >= 15 is 0 Å². The summed E-state index contributed by atoms with van der Waals surface area (Å²) in [4.78, 5) is 2.09. The molecule has 0 saturated carbocycles. The lowest BCUT2D eigenvalue weighted by atomic mass is 10.3. The number of nitrogens with zero attached hydrogens (tertiary/aromatic N) is 3. The molecule has 0 amide bonds. The molecule has 0 aliphatic rings. The third kappa shape index (κ3) is 3.27. The van der Waals surface area contributed by atoms with Crippen LogP contribution in [0.15, 0.2) is 12.1 Å². The third-order valence-corrected chi connectivity index (χ3v) is 1.85. The summed E-state index contributed by atoms with van der Waals surface area (Å²) in [6, 6.07) is 3.71. The first-order valence-electron chi connectivity index (χ1n) is 4.51. The maximum absolute atomic E-state index is 5.43. The van der Waals surface area contributed by atoms with Gasteiger partial charge in [-0.3, -0.25) is 4.90 Å². The van der Waals surface area contributed by atoms with Crippen molar-refractivity contribution in [3.63, 3.8) is 0 Å². The zero-order valence-electron chi connectivity index (χ0n) is 8.60. The van der Waals surface area contributed by atoms with E-state index in [1.165, 1.54) is 0 Å². The average Bonchev–Trinajstić information content (AvgIpc) is 2.19. The molecule has 5 nitrogen and oxygen atoms in total. The van der Waals surface area contributed by atoms with Crippen molar-refractivity contribution in [1.82, 2.24) is 15.1 Å². The fraction of sp³-hybridized carbons (Fsp3) is 0.556. The van der Waals surface area contributed by atoms with Crippen molar-refractivity contribution >= 4 is 0 Å². The Balaban J connectivity index is 2.50. The minimum Gasteiger partial charge on any atom is -0.480 e. The molecular weight excluding hydrogens is 180 g/mol. The number of aromatic nitrogens is 2. The molecule has 0 aromatic carbocycles. The van der Waals surface area contributed by atoms with E-state index in [9.17, 15) is 0 Å². The zero-order chi connectivity index (χ0) is 10.4. The van der Waals surface area contributed by atoms with Crippen molar-refractivity contribution in [2.45, 2.75) is 6.54 Å². The Labute approximate surface area is 83.9 Å². The second-order valence-electron chi connectivity index (χ2n) is 3.09. The van der Waals surface area contributed by atoms with Gasteiger partial charge in [0.1, 0.15) is 0 Å². The van der Waals surface area contributed by atoms with E-state index in [0.29, 0.717) is 12.4 Å². The first-order valence-corrected chi connectivity index (χ1v) is 4.51. The van der Waals surface area contributed by atoms with Crippen LogP contribution < -0.4 is 10.5 Å². The number of likely N-dealkylation sites (N-methyl/N-ethyl adjacent to an activating group) is 1. The van der Waals surface area contributed by atoms with Crippen molar-refractivity contribution in [3.8, 4) is 5.88 Å². The van der Waals surface area contributed by atoms with Gasteiger partial charge < -0.3 is 10.5 Å². The molecule has 1 heterocycles. The van der Waals surface area contributed by atoms with Crippen molar-refractivity contribution in [1.29, 1.82) is 0 Å². The van der Waals surface area contributed by atoms with E-state index in [-0.39, 0.29) is 0 Å². The second kappa shape index (κ2) is 5.51. The molecule has 0 atom stereocenters. The molecule has 1 aromatic heterocycles. The van der Waals surface area contributed by atoms with E-state index in [2.05, 4.69) is 15.1 Å². The van der Waals surface area contributed by atoms with Gasteiger partial charge in [0.05, 0.1) is 12.8 Å². The Morgan fingerprint density at radius 3 is 2.71 bits per heavy atom. The SMILES string of the molecule is COc1ccc(CN(C)CCN)nn1. The molecule has 0 spiro atoms. The van der Waals surface area contributed by atoms with Crippen LogP contribution in [-0.2, 0) is 6.54 Å². The number of hydrogen-bond acceptors (Lipinski definition) is 5. The molecular formula is C9H16N4O. The van der Waals surface area contributed by atoms with Crippen LogP contribution in [0, 0.1) is 0 Å². The van der Waals surface area contributed by atoms with Crippen LogP contribution in [-0.4, -0.2) is 42.3 Å². The quantitative estimate of drug-likeness (QED) is 0.711. The molecule has 0 aliphatic carbocycles. The number of nitrogens with two attached hydrogens (primary N) is 1. The van der Waals surface area contributed by atoms with E-state index in [1.54, 1.807) is 13.2 Å². The van der Waals surface area contributed by atoms with Gasteiger partial charge in [-0.1, -0.05) is 0 Å². The van der Waals surface area contributed by atoms with Crippen molar-refractivity contribution in [2.75, 3.05) is 27.2 Å². The first kappa shape index (κ1) is 10.9. The Hall–Kier alpha value is -1.20. The maximum atomic E-state index is 5.43.